The molecule has 1 aromatic carbocycles. The summed E-state index contributed by atoms with van der Waals surface area (Å²) in [5.74, 6) is 0.243. The largest absolute Gasteiger partial charge is 0.471 e. The van der Waals surface area contributed by atoms with Crippen LogP contribution in [-0.2, 0) is 18.2 Å². The van der Waals surface area contributed by atoms with Crippen LogP contribution in [0.3, 0.4) is 0 Å². The molecule has 3 aromatic rings. The molecule has 30 heavy (non-hydrogen) atoms. The first-order chi connectivity index (χ1) is 14.2. The van der Waals surface area contributed by atoms with Gasteiger partial charge in [-0.3, -0.25) is 4.79 Å². The Hall–Kier alpha value is -3.34. The van der Waals surface area contributed by atoms with Gasteiger partial charge in [-0.15, -0.1) is 0 Å². The summed E-state index contributed by atoms with van der Waals surface area (Å²) in [4.78, 5) is 12.3. The Morgan fingerprint density at radius 1 is 1.17 bits per heavy atom. The Labute approximate surface area is 170 Å². The van der Waals surface area contributed by atoms with Crippen molar-refractivity contribution in [2.75, 3.05) is 11.9 Å². The maximum Gasteiger partial charge on any atom is 0.411 e. The van der Waals surface area contributed by atoms with E-state index in [4.69, 9.17) is 4.74 Å². The van der Waals surface area contributed by atoms with Gasteiger partial charge in [-0.25, -0.2) is 9.36 Å². The molecule has 0 unspecified atom stereocenters. The highest BCUT2D eigenvalue weighted by atomic mass is 19.4. The second kappa shape index (κ2) is 8.99. The van der Waals surface area contributed by atoms with E-state index in [2.05, 4.69) is 20.3 Å². The number of anilines is 1. The van der Waals surface area contributed by atoms with Gasteiger partial charge in [-0.1, -0.05) is 12.1 Å². The predicted molar refractivity (Wildman–Crippen MR) is 101 cm³/mol. The van der Waals surface area contributed by atoms with E-state index in [1.807, 2.05) is 32.0 Å². The van der Waals surface area contributed by atoms with Gasteiger partial charge in [0.15, 0.2) is 12.4 Å². The maximum absolute atomic E-state index is 12.3. The van der Waals surface area contributed by atoms with E-state index in [0.717, 1.165) is 21.6 Å². The average molecular weight is 423 g/mol. The van der Waals surface area contributed by atoms with Gasteiger partial charge >= 0.3 is 6.18 Å². The molecule has 1 amide bonds. The molecular formula is C19H20F3N5O3. The number of ether oxygens (including phenoxy) is 2. The minimum Gasteiger partial charge on any atom is -0.471 e. The van der Waals surface area contributed by atoms with Crippen molar-refractivity contribution in [2.45, 2.75) is 33.5 Å². The summed E-state index contributed by atoms with van der Waals surface area (Å²) in [5, 5.41) is 10.6. The third-order valence-corrected chi connectivity index (χ3v) is 3.95. The topological polar surface area (TPSA) is 83.2 Å². The number of benzene rings is 1. The number of nitrogens with zero attached hydrogens (tertiary/aromatic N) is 4. The fraction of sp³-hybridized carbons (Fsp3) is 0.316. The number of nitrogens with one attached hydrogen (secondary N) is 1. The van der Waals surface area contributed by atoms with Gasteiger partial charge in [0, 0.05) is 6.20 Å². The van der Waals surface area contributed by atoms with Crippen molar-refractivity contribution >= 4 is 11.6 Å². The lowest BCUT2D eigenvalue weighted by atomic mass is 10.1. The van der Waals surface area contributed by atoms with Gasteiger partial charge in [0.05, 0.1) is 18.1 Å². The van der Waals surface area contributed by atoms with E-state index >= 15 is 0 Å². The zero-order chi connectivity index (χ0) is 21.7. The number of rotatable bonds is 8. The molecule has 0 aliphatic carbocycles. The maximum atomic E-state index is 12.3. The molecule has 160 valence electrons. The highest BCUT2D eigenvalue weighted by molar-refractivity contribution is 6.02. The summed E-state index contributed by atoms with van der Waals surface area (Å²) in [6, 6.07) is 7.39. The summed E-state index contributed by atoms with van der Waals surface area (Å²) in [5.41, 5.74) is 2.51. The molecule has 0 aliphatic rings. The number of hydrogen-bond acceptors (Lipinski definition) is 5. The standard InChI is InChI=1S/C19H20F3N5O3/c1-13-3-4-14(2)17(7-13)30-12-26-6-5-16(25-26)18(28)24-15-8-23-27(9-15)11-29-10-19(20,21)22/h3-9H,10-12H2,1-2H3,(H,24,28). The number of amides is 1. The van der Waals surface area contributed by atoms with Crippen LogP contribution in [0.4, 0.5) is 18.9 Å². The monoisotopic (exact) mass is 423 g/mol. The van der Waals surface area contributed by atoms with Crippen LogP contribution in [0.25, 0.3) is 0 Å². The third kappa shape index (κ3) is 6.08. The summed E-state index contributed by atoms with van der Waals surface area (Å²) in [6.07, 6.45) is -0.149. The van der Waals surface area contributed by atoms with Crippen molar-refractivity contribution in [1.29, 1.82) is 0 Å². The molecule has 8 nitrogen and oxygen atoms in total. The minimum atomic E-state index is -4.41. The SMILES string of the molecule is Cc1ccc(C)c(OCn2ccc(C(=O)Nc3cnn(COCC(F)(F)F)c3)n2)c1. The Kier molecular flexibility index (Phi) is 6.40. The van der Waals surface area contributed by atoms with Crippen LogP contribution in [0.1, 0.15) is 21.6 Å². The van der Waals surface area contributed by atoms with Gasteiger partial charge in [0.2, 0.25) is 0 Å². The molecule has 1 N–H and O–H groups in total. The second-order valence-corrected chi connectivity index (χ2v) is 6.60. The Balaban J connectivity index is 1.52. The van der Waals surface area contributed by atoms with Crippen molar-refractivity contribution < 1.29 is 27.4 Å². The summed E-state index contributed by atoms with van der Waals surface area (Å²) in [7, 11) is 0. The highest BCUT2D eigenvalue weighted by Crippen LogP contribution is 2.19. The minimum absolute atomic E-state index is 0.131. The van der Waals surface area contributed by atoms with E-state index in [9.17, 15) is 18.0 Å². The van der Waals surface area contributed by atoms with E-state index in [1.54, 1.807) is 6.20 Å². The van der Waals surface area contributed by atoms with Gasteiger partial charge in [0.25, 0.3) is 5.91 Å². The van der Waals surface area contributed by atoms with Gasteiger partial charge < -0.3 is 14.8 Å². The number of hydrogen-bond donors (Lipinski definition) is 1. The van der Waals surface area contributed by atoms with Crippen LogP contribution in [0.5, 0.6) is 5.75 Å². The molecule has 0 radical (unpaired) electrons. The molecule has 11 heteroatoms. The lowest BCUT2D eigenvalue weighted by Gasteiger charge is -2.09. The highest BCUT2D eigenvalue weighted by Gasteiger charge is 2.27. The van der Waals surface area contributed by atoms with Crippen LogP contribution < -0.4 is 10.1 Å². The van der Waals surface area contributed by atoms with Gasteiger partial charge in [-0.05, 0) is 37.1 Å². The predicted octanol–water partition coefficient (Wildman–Crippen LogP) is 3.52. The molecule has 0 saturated carbocycles. The van der Waals surface area contributed by atoms with Crippen LogP contribution in [0.2, 0.25) is 0 Å². The average Bonchev–Trinajstić information content (AvgIpc) is 3.31. The Morgan fingerprint density at radius 2 is 1.97 bits per heavy atom. The molecule has 0 spiro atoms. The fourth-order valence-corrected chi connectivity index (χ4v) is 2.50. The summed E-state index contributed by atoms with van der Waals surface area (Å²) >= 11 is 0. The zero-order valence-electron chi connectivity index (χ0n) is 16.3. The number of aromatic nitrogens is 4. The first kappa shape index (κ1) is 21.4. The number of halogens is 3. The smallest absolute Gasteiger partial charge is 0.411 e. The fourth-order valence-electron chi connectivity index (χ4n) is 2.50. The van der Waals surface area contributed by atoms with Crippen molar-refractivity contribution in [3.05, 3.63) is 59.7 Å². The Morgan fingerprint density at radius 3 is 2.73 bits per heavy atom. The molecule has 2 heterocycles. The van der Waals surface area contributed by atoms with Crippen molar-refractivity contribution in [3.8, 4) is 5.75 Å². The van der Waals surface area contributed by atoms with Crippen LogP contribution >= 0.6 is 0 Å². The molecule has 2 aromatic heterocycles. The molecule has 0 aliphatic heterocycles. The molecule has 0 fully saturated rings. The molecular weight excluding hydrogens is 403 g/mol. The van der Waals surface area contributed by atoms with E-state index < -0.39 is 18.7 Å². The molecule has 3 rings (SSSR count). The number of carbonyl (C=O) groups is 1. The second-order valence-electron chi connectivity index (χ2n) is 6.60. The first-order valence-electron chi connectivity index (χ1n) is 8.91. The first-order valence-corrected chi connectivity index (χ1v) is 8.91. The zero-order valence-corrected chi connectivity index (χ0v) is 16.3. The third-order valence-electron chi connectivity index (χ3n) is 3.95. The quantitative estimate of drug-likeness (QED) is 0.600. The lowest BCUT2D eigenvalue weighted by Crippen LogP contribution is -2.18. The number of alkyl halides is 3. The van der Waals surface area contributed by atoms with Crippen LogP contribution in [-0.4, -0.2) is 38.3 Å². The van der Waals surface area contributed by atoms with Crippen molar-refractivity contribution in [2.24, 2.45) is 0 Å². The summed E-state index contributed by atoms with van der Waals surface area (Å²) < 4.78 is 49.1. The van der Waals surface area contributed by atoms with Gasteiger partial charge in [-0.2, -0.15) is 23.4 Å². The molecule has 0 saturated heterocycles. The number of aryl methyl sites for hydroxylation is 2. The normalized spacial score (nSPS) is 11.5. The lowest BCUT2D eigenvalue weighted by molar-refractivity contribution is -0.182. The van der Waals surface area contributed by atoms with E-state index in [1.165, 1.54) is 23.1 Å². The Bertz CT molecular complexity index is 1010. The van der Waals surface area contributed by atoms with Crippen LogP contribution in [0.15, 0.2) is 42.9 Å². The molecule has 0 bridgehead atoms. The number of carbonyl (C=O) groups excluding carboxylic acids is 1. The van der Waals surface area contributed by atoms with E-state index in [-0.39, 0.29) is 19.2 Å². The van der Waals surface area contributed by atoms with E-state index in [0.29, 0.717) is 5.69 Å². The summed E-state index contributed by atoms with van der Waals surface area (Å²) in [6.45, 7) is 2.26. The van der Waals surface area contributed by atoms with Crippen molar-refractivity contribution in [1.82, 2.24) is 19.6 Å². The molecule has 0 atom stereocenters. The van der Waals surface area contributed by atoms with Crippen LogP contribution in [0, 0.1) is 13.8 Å². The van der Waals surface area contributed by atoms with Gasteiger partial charge in [0.1, 0.15) is 19.1 Å². The van der Waals surface area contributed by atoms with Crippen molar-refractivity contribution in [3.63, 3.8) is 0 Å².